The van der Waals surface area contributed by atoms with Gasteiger partial charge in [-0.1, -0.05) is 31.2 Å². The van der Waals surface area contributed by atoms with Crippen molar-refractivity contribution in [2.45, 2.75) is 32.3 Å². The standard InChI is InChI=1S/C20H18O6/c1-3-20(26,10(2)21)9-11-8-14(22)15-16(17(11)23)19(25)13-7-5-4-6-12(13)18(15)24/h4-8,22-23,26H,3,9H2,1-2H3/t20-/m1/s1. The zero-order valence-corrected chi connectivity index (χ0v) is 14.4. The summed E-state index contributed by atoms with van der Waals surface area (Å²) in [7, 11) is 0. The molecule has 0 radical (unpaired) electrons. The third-order valence-electron chi connectivity index (χ3n) is 4.95. The highest BCUT2D eigenvalue weighted by atomic mass is 16.3. The molecule has 3 rings (SSSR count). The Morgan fingerprint density at radius 1 is 1.04 bits per heavy atom. The van der Waals surface area contributed by atoms with Gasteiger partial charge in [-0.05, 0) is 19.4 Å². The number of fused-ring (bicyclic) bond motifs is 2. The second-order valence-corrected chi connectivity index (χ2v) is 6.48. The third-order valence-corrected chi connectivity index (χ3v) is 4.95. The van der Waals surface area contributed by atoms with Gasteiger partial charge < -0.3 is 15.3 Å². The number of aromatic hydroxyl groups is 2. The molecule has 1 aliphatic carbocycles. The Morgan fingerprint density at radius 2 is 1.58 bits per heavy atom. The fourth-order valence-corrected chi connectivity index (χ4v) is 3.26. The van der Waals surface area contributed by atoms with Gasteiger partial charge in [0.2, 0.25) is 0 Å². The van der Waals surface area contributed by atoms with E-state index in [1.165, 1.54) is 19.1 Å². The molecule has 0 heterocycles. The van der Waals surface area contributed by atoms with Crippen molar-refractivity contribution in [1.82, 2.24) is 0 Å². The number of carbonyl (C=O) groups excluding carboxylic acids is 3. The van der Waals surface area contributed by atoms with Crippen molar-refractivity contribution in [2.75, 3.05) is 0 Å². The summed E-state index contributed by atoms with van der Waals surface area (Å²) in [4.78, 5) is 37.2. The minimum atomic E-state index is -1.74. The van der Waals surface area contributed by atoms with Gasteiger partial charge in [-0.2, -0.15) is 0 Å². The first-order valence-corrected chi connectivity index (χ1v) is 8.21. The van der Waals surface area contributed by atoms with Crippen LogP contribution in [0.1, 0.15) is 57.7 Å². The highest BCUT2D eigenvalue weighted by molar-refractivity contribution is 6.30. The second-order valence-electron chi connectivity index (χ2n) is 6.48. The highest BCUT2D eigenvalue weighted by Crippen LogP contribution is 2.41. The summed E-state index contributed by atoms with van der Waals surface area (Å²) in [6.07, 6.45) is -0.191. The molecule has 26 heavy (non-hydrogen) atoms. The van der Waals surface area contributed by atoms with Crippen LogP contribution in [0.4, 0.5) is 0 Å². The number of phenolic OH excluding ortho intramolecular Hbond substituents is 2. The van der Waals surface area contributed by atoms with E-state index in [4.69, 9.17) is 0 Å². The number of benzene rings is 2. The molecule has 2 aromatic carbocycles. The summed E-state index contributed by atoms with van der Waals surface area (Å²) in [5, 5.41) is 31.4. The predicted molar refractivity (Wildman–Crippen MR) is 92.7 cm³/mol. The van der Waals surface area contributed by atoms with Gasteiger partial charge in [0.1, 0.15) is 17.1 Å². The first-order chi connectivity index (χ1) is 12.2. The van der Waals surface area contributed by atoms with Crippen LogP contribution in [0.2, 0.25) is 0 Å². The molecule has 6 nitrogen and oxygen atoms in total. The molecule has 0 spiro atoms. The van der Waals surface area contributed by atoms with E-state index in [1.54, 1.807) is 19.1 Å². The molecule has 3 N–H and O–H groups in total. The molecule has 0 amide bonds. The molecule has 1 aliphatic rings. The van der Waals surface area contributed by atoms with Crippen molar-refractivity contribution >= 4 is 17.3 Å². The Bertz CT molecular complexity index is 959. The lowest BCUT2D eigenvalue weighted by Crippen LogP contribution is -2.38. The molecular weight excluding hydrogens is 336 g/mol. The zero-order chi connectivity index (χ0) is 19.2. The Morgan fingerprint density at radius 3 is 2.08 bits per heavy atom. The van der Waals surface area contributed by atoms with Crippen LogP contribution in [-0.2, 0) is 11.2 Å². The summed E-state index contributed by atoms with van der Waals surface area (Å²) in [6.45, 7) is 2.84. The Hall–Kier alpha value is -2.99. The van der Waals surface area contributed by atoms with Crippen LogP contribution >= 0.6 is 0 Å². The maximum absolute atomic E-state index is 12.8. The molecule has 0 saturated carbocycles. The first kappa shape index (κ1) is 17.8. The van der Waals surface area contributed by atoms with Crippen LogP contribution in [0, 0.1) is 0 Å². The number of ketones is 3. The largest absolute Gasteiger partial charge is 0.507 e. The maximum Gasteiger partial charge on any atom is 0.198 e. The van der Waals surface area contributed by atoms with E-state index in [-0.39, 0.29) is 40.7 Å². The van der Waals surface area contributed by atoms with Gasteiger partial charge in [-0.3, -0.25) is 14.4 Å². The molecule has 0 aromatic heterocycles. The maximum atomic E-state index is 12.8. The number of rotatable bonds is 4. The lowest BCUT2D eigenvalue weighted by molar-refractivity contribution is -0.135. The minimum Gasteiger partial charge on any atom is -0.507 e. The Balaban J connectivity index is 2.21. The number of Topliss-reactive ketones (excluding diaryl/α,β-unsaturated/α-hetero) is 1. The fourth-order valence-electron chi connectivity index (χ4n) is 3.26. The number of phenols is 2. The number of hydrogen-bond donors (Lipinski definition) is 3. The molecule has 0 unspecified atom stereocenters. The van der Waals surface area contributed by atoms with Gasteiger partial charge in [0.25, 0.3) is 0 Å². The number of carbonyl (C=O) groups is 3. The average molecular weight is 354 g/mol. The smallest absolute Gasteiger partial charge is 0.198 e. The van der Waals surface area contributed by atoms with Gasteiger partial charge in [0, 0.05) is 23.1 Å². The topological polar surface area (TPSA) is 112 Å². The van der Waals surface area contributed by atoms with E-state index in [9.17, 15) is 29.7 Å². The minimum absolute atomic E-state index is 0.0290. The van der Waals surface area contributed by atoms with Crippen molar-refractivity contribution in [3.8, 4) is 11.5 Å². The van der Waals surface area contributed by atoms with E-state index < -0.39 is 34.4 Å². The van der Waals surface area contributed by atoms with Gasteiger partial charge in [0.05, 0.1) is 11.1 Å². The van der Waals surface area contributed by atoms with Crippen molar-refractivity contribution < 1.29 is 29.7 Å². The second kappa shape index (κ2) is 6.07. The van der Waals surface area contributed by atoms with Gasteiger partial charge in [0.15, 0.2) is 17.3 Å². The van der Waals surface area contributed by atoms with E-state index in [2.05, 4.69) is 0 Å². The summed E-state index contributed by atoms with van der Waals surface area (Å²) < 4.78 is 0. The van der Waals surface area contributed by atoms with Crippen molar-refractivity contribution in [1.29, 1.82) is 0 Å². The summed E-state index contributed by atoms with van der Waals surface area (Å²) >= 11 is 0. The van der Waals surface area contributed by atoms with E-state index in [0.717, 1.165) is 6.07 Å². The first-order valence-electron chi connectivity index (χ1n) is 8.21. The van der Waals surface area contributed by atoms with Crippen LogP contribution < -0.4 is 0 Å². The molecule has 134 valence electrons. The lowest BCUT2D eigenvalue weighted by atomic mass is 9.80. The van der Waals surface area contributed by atoms with Crippen LogP contribution in [-0.4, -0.2) is 38.3 Å². The summed E-state index contributed by atoms with van der Waals surface area (Å²) in [6, 6.07) is 7.28. The number of aliphatic hydroxyl groups is 1. The molecule has 0 saturated heterocycles. The molecule has 6 heteroatoms. The highest BCUT2D eigenvalue weighted by Gasteiger charge is 2.38. The molecule has 0 bridgehead atoms. The molecule has 1 atom stereocenters. The number of hydrogen-bond acceptors (Lipinski definition) is 6. The molecule has 0 fully saturated rings. The molecule has 2 aromatic rings. The summed E-state index contributed by atoms with van der Waals surface area (Å²) in [5.41, 5.74) is -1.99. The van der Waals surface area contributed by atoms with Crippen LogP contribution in [0.25, 0.3) is 0 Å². The SMILES string of the molecule is CC[C@@](O)(Cc1cc(O)c2c(c1O)C(=O)c1ccccc1C2=O)C(C)=O. The predicted octanol–water partition coefficient (Wildman–Crippen LogP) is 2.15. The zero-order valence-electron chi connectivity index (χ0n) is 14.4. The van der Waals surface area contributed by atoms with Gasteiger partial charge in [-0.15, -0.1) is 0 Å². The van der Waals surface area contributed by atoms with E-state index in [0.29, 0.717) is 0 Å². The molecule has 0 aliphatic heterocycles. The van der Waals surface area contributed by atoms with E-state index in [1.807, 2.05) is 0 Å². The van der Waals surface area contributed by atoms with Crippen molar-refractivity contribution in [3.63, 3.8) is 0 Å². The fraction of sp³-hybridized carbons (Fsp3) is 0.250. The van der Waals surface area contributed by atoms with Gasteiger partial charge >= 0.3 is 0 Å². The Kier molecular flexibility index (Phi) is 4.16. The van der Waals surface area contributed by atoms with Crippen LogP contribution in [0.3, 0.4) is 0 Å². The average Bonchev–Trinajstić information content (AvgIpc) is 2.62. The lowest BCUT2D eigenvalue weighted by Gasteiger charge is -2.26. The quantitative estimate of drug-likeness (QED) is 0.619. The Labute approximate surface area is 149 Å². The third kappa shape index (κ3) is 2.50. The van der Waals surface area contributed by atoms with Gasteiger partial charge in [-0.25, -0.2) is 0 Å². The van der Waals surface area contributed by atoms with Crippen LogP contribution in [0.5, 0.6) is 11.5 Å². The monoisotopic (exact) mass is 354 g/mol. The van der Waals surface area contributed by atoms with Crippen molar-refractivity contribution in [2.24, 2.45) is 0 Å². The van der Waals surface area contributed by atoms with Crippen molar-refractivity contribution in [3.05, 3.63) is 58.1 Å². The molecular formula is C20H18O6. The summed E-state index contributed by atoms with van der Waals surface area (Å²) in [5.74, 6) is -2.62. The normalized spacial score (nSPS) is 15.2. The van der Waals surface area contributed by atoms with Crippen LogP contribution in [0.15, 0.2) is 30.3 Å². The van der Waals surface area contributed by atoms with E-state index >= 15 is 0 Å².